The molecule has 0 atom stereocenters. The molecule has 0 unspecified atom stereocenters. The van der Waals surface area contributed by atoms with Crippen molar-refractivity contribution in [2.45, 2.75) is 4.90 Å². The third-order valence-electron chi connectivity index (χ3n) is 1.51. The summed E-state index contributed by atoms with van der Waals surface area (Å²) in [6.07, 6.45) is 0. The number of hydrogen-bond donors (Lipinski definition) is 1. The molecule has 0 aromatic heterocycles. The SMILES string of the molecule is O=C([O-])CNS(=O)(=O)c1cccc(Br)c1. The first-order valence-electron chi connectivity index (χ1n) is 3.87. The Balaban J connectivity index is 2.91. The molecule has 0 spiro atoms. The lowest BCUT2D eigenvalue weighted by atomic mass is 10.4. The van der Waals surface area contributed by atoms with Gasteiger partial charge in [-0.25, -0.2) is 13.1 Å². The van der Waals surface area contributed by atoms with Crippen molar-refractivity contribution >= 4 is 31.9 Å². The van der Waals surface area contributed by atoms with Gasteiger partial charge >= 0.3 is 0 Å². The van der Waals surface area contributed by atoms with Crippen LogP contribution in [-0.2, 0) is 14.8 Å². The predicted octanol–water partition coefficient (Wildman–Crippen LogP) is -0.523. The number of rotatable bonds is 4. The number of carbonyl (C=O) groups is 1. The van der Waals surface area contributed by atoms with Crippen molar-refractivity contribution in [3.8, 4) is 0 Å². The zero-order valence-electron chi connectivity index (χ0n) is 7.44. The molecule has 1 aromatic rings. The highest BCUT2D eigenvalue weighted by Gasteiger charge is 2.13. The van der Waals surface area contributed by atoms with Crippen LogP contribution >= 0.6 is 15.9 Å². The summed E-state index contributed by atoms with van der Waals surface area (Å²) in [4.78, 5) is 10.1. The number of halogens is 1. The number of carboxylic acids is 1. The van der Waals surface area contributed by atoms with Gasteiger partial charge in [-0.2, -0.15) is 0 Å². The standard InChI is InChI=1S/C8H8BrNO4S/c9-6-2-1-3-7(4-6)15(13,14)10-5-8(11)12/h1-4,10H,5H2,(H,11,12)/p-1. The van der Waals surface area contributed by atoms with Crippen molar-refractivity contribution in [3.05, 3.63) is 28.7 Å². The lowest BCUT2D eigenvalue weighted by molar-refractivity contribution is -0.303. The molecule has 1 rings (SSSR count). The first-order chi connectivity index (χ1) is 6.92. The Labute approximate surface area is 95.3 Å². The summed E-state index contributed by atoms with van der Waals surface area (Å²) in [5.41, 5.74) is 0. The largest absolute Gasteiger partial charge is 0.549 e. The molecular weight excluding hydrogens is 286 g/mol. The zero-order chi connectivity index (χ0) is 11.5. The lowest BCUT2D eigenvalue weighted by Crippen LogP contribution is -2.37. The zero-order valence-corrected chi connectivity index (χ0v) is 9.84. The van der Waals surface area contributed by atoms with Gasteiger partial charge in [0.15, 0.2) is 0 Å². The van der Waals surface area contributed by atoms with Gasteiger partial charge in [-0.15, -0.1) is 0 Å². The van der Waals surface area contributed by atoms with Crippen molar-refractivity contribution in [3.63, 3.8) is 0 Å². The molecule has 0 bridgehead atoms. The first-order valence-corrected chi connectivity index (χ1v) is 6.14. The van der Waals surface area contributed by atoms with Gasteiger partial charge in [-0.1, -0.05) is 22.0 Å². The molecule has 0 aliphatic rings. The molecule has 0 fully saturated rings. The molecule has 0 saturated carbocycles. The third-order valence-corrected chi connectivity index (χ3v) is 3.41. The predicted molar refractivity (Wildman–Crippen MR) is 54.3 cm³/mol. The van der Waals surface area contributed by atoms with Gasteiger partial charge in [0.25, 0.3) is 0 Å². The van der Waals surface area contributed by atoms with E-state index >= 15 is 0 Å². The Morgan fingerprint density at radius 3 is 2.67 bits per heavy atom. The van der Waals surface area contributed by atoms with Gasteiger partial charge in [-0.05, 0) is 18.2 Å². The van der Waals surface area contributed by atoms with E-state index in [4.69, 9.17) is 0 Å². The Hall–Kier alpha value is -0.920. The minimum atomic E-state index is -3.78. The van der Waals surface area contributed by atoms with Crippen molar-refractivity contribution in [1.82, 2.24) is 4.72 Å². The Morgan fingerprint density at radius 1 is 1.47 bits per heavy atom. The lowest BCUT2D eigenvalue weighted by Gasteiger charge is -2.07. The van der Waals surface area contributed by atoms with Crippen LogP contribution < -0.4 is 9.83 Å². The van der Waals surface area contributed by atoms with E-state index in [2.05, 4.69) is 15.9 Å². The second-order valence-electron chi connectivity index (χ2n) is 2.65. The quantitative estimate of drug-likeness (QED) is 0.809. The number of nitrogens with one attached hydrogen (secondary N) is 1. The summed E-state index contributed by atoms with van der Waals surface area (Å²) in [5, 5.41) is 10.1. The van der Waals surface area contributed by atoms with Crippen LogP contribution in [0.2, 0.25) is 0 Å². The highest BCUT2D eigenvalue weighted by Crippen LogP contribution is 2.15. The second kappa shape index (κ2) is 4.73. The van der Waals surface area contributed by atoms with E-state index in [0.29, 0.717) is 4.47 Å². The first kappa shape index (κ1) is 12.2. The van der Waals surface area contributed by atoms with Gasteiger partial charge < -0.3 is 9.90 Å². The molecule has 82 valence electrons. The minimum absolute atomic E-state index is 0.00174. The summed E-state index contributed by atoms with van der Waals surface area (Å²) < 4.78 is 25.4. The van der Waals surface area contributed by atoms with Gasteiger partial charge in [0.2, 0.25) is 10.0 Å². The molecule has 0 saturated heterocycles. The van der Waals surface area contributed by atoms with Crippen LogP contribution in [0.15, 0.2) is 33.6 Å². The number of sulfonamides is 1. The van der Waals surface area contributed by atoms with E-state index in [-0.39, 0.29) is 4.90 Å². The smallest absolute Gasteiger partial charge is 0.240 e. The number of aliphatic carboxylic acids is 1. The third kappa shape index (κ3) is 3.61. The van der Waals surface area contributed by atoms with Gasteiger partial charge in [-0.3, -0.25) is 0 Å². The van der Waals surface area contributed by atoms with Crippen molar-refractivity contribution < 1.29 is 18.3 Å². The highest BCUT2D eigenvalue weighted by atomic mass is 79.9. The minimum Gasteiger partial charge on any atom is -0.549 e. The van der Waals surface area contributed by atoms with E-state index < -0.39 is 22.5 Å². The highest BCUT2D eigenvalue weighted by molar-refractivity contribution is 9.10. The van der Waals surface area contributed by atoms with Crippen LogP contribution in [0.1, 0.15) is 0 Å². The molecular formula is C8H7BrNO4S-. The van der Waals surface area contributed by atoms with Crippen molar-refractivity contribution in [1.29, 1.82) is 0 Å². The maximum Gasteiger partial charge on any atom is 0.240 e. The van der Waals surface area contributed by atoms with Gasteiger partial charge in [0, 0.05) is 4.47 Å². The normalized spacial score (nSPS) is 11.3. The van der Waals surface area contributed by atoms with E-state index in [1.54, 1.807) is 6.07 Å². The van der Waals surface area contributed by atoms with Crippen LogP contribution in [0.4, 0.5) is 0 Å². The van der Waals surface area contributed by atoms with E-state index in [1.807, 2.05) is 4.72 Å². The molecule has 7 heteroatoms. The molecule has 0 heterocycles. The maximum absolute atomic E-state index is 11.5. The second-order valence-corrected chi connectivity index (χ2v) is 5.34. The van der Waals surface area contributed by atoms with E-state index in [9.17, 15) is 18.3 Å². The van der Waals surface area contributed by atoms with Crippen molar-refractivity contribution in [2.75, 3.05) is 6.54 Å². The Morgan fingerprint density at radius 2 is 2.13 bits per heavy atom. The molecule has 1 N–H and O–H groups in total. The average Bonchev–Trinajstić information content (AvgIpc) is 2.15. The number of hydrogen-bond acceptors (Lipinski definition) is 4. The monoisotopic (exact) mass is 292 g/mol. The molecule has 0 radical (unpaired) electrons. The molecule has 0 aliphatic carbocycles. The molecule has 1 aromatic carbocycles. The Kier molecular flexibility index (Phi) is 3.83. The molecule has 15 heavy (non-hydrogen) atoms. The van der Waals surface area contributed by atoms with E-state index in [0.717, 1.165) is 0 Å². The summed E-state index contributed by atoms with van der Waals surface area (Å²) >= 11 is 3.11. The van der Waals surface area contributed by atoms with E-state index in [1.165, 1.54) is 18.2 Å². The maximum atomic E-state index is 11.5. The topological polar surface area (TPSA) is 86.3 Å². The number of benzene rings is 1. The molecule has 0 amide bonds. The summed E-state index contributed by atoms with van der Waals surface area (Å²) in [7, 11) is -3.78. The van der Waals surface area contributed by atoms with Gasteiger partial charge in [0.1, 0.15) is 0 Å². The molecule has 5 nitrogen and oxygen atoms in total. The fraction of sp³-hybridized carbons (Fsp3) is 0.125. The van der Waals surface area contributed by atoms with Crippen LogP contribution in [0.5, 0.6) is 0 Å². The fourth-order valence-corrected chi connectivity index (χ4v) is 2.44. The fourth-order valence-electron chi connectivity index (χ4n) is 0.871. The van der Waals surface area contributed by atoms with Crippen molar-refractivity contribution in [2.24, 2.45) is 0 Å². The van der Waals surface area contributed by atoms with Crippen LogP contribution in [0, 0.1) is 0 Å². The van der Waals surface area contributed by atoms with Crippen LogP contribution in [0.25, 0.3) is 0 Å². The average molecular weight is 293 g/mol. The summed E-state index contributed by atoms with van der Waals surface area (Å²) in [5.74, 6) is -1.48. The van der Waals surface area contributed by atoms with Gasteiger partial charge in [0.05, 0.1) is 17.4 Å². The summed E-state index contributed by atoms with van der Waals surface area (Å²) in [6, 6.07) is 5.94. The molecule has 0 aliphatic heterocycles. The van der Waals surface area contributed by atoms with Crippen LogP contribution in [-0.4, -0.2) is 20.9 Å². The van der Waals surface area contributed by atoms with Crippen LogP contribution in [0.3, 0.4) is 0 Å². The Bertz CT molecular complexity index is 471. The number of carbonyl (C=O) groups excluding carboxylic acids is 1. The summed E-state index contributed by atoms with van der Waals surface area (Å²) in [6.45, 7) is -0.741. The number of carboxylic acid groups (broad SMARTS) is 1.